The minimum Gasteiger partial charge on any atom is -0.335 e. The first-order valence-corrected chi connectivity index (χ1v) is 11.2. The molecule has 3 fully saturated rings. The van der Waals surface area contributed by atoms with Gasteiger partial charge in [0.25, 0.3) is 0 Å². The number of benzene rings is 1. The van der Waals surface area contributed by atoms with Gasteiger partial charge in [-0.2, -0.15) is 0 Å². The third kappa shape index (κ3) is 2.85. The zero-order valence-electron chi connectivity index (χ0n) is 15.0. The van der Waals surface area contributed by atoms with Gasteiger partial charge in [0, 0.05) is 24.7 Å². The standard InChI is InChI=1S/C19H25FN2O3S/c1-2-9-21-10-11-22(17-13-26(24,25)12-16(17)21)18(23)19(7-8-19)14-5-3-4-6-15(14)20/h3-6,16-17H,2,7-13H2,1H3/t16-,17+/m1/s1. The number of carbonyl (C=O) groups excluding carboxylic acids is 1. The Kier molecular flexibility index (Phi) is 4.34. The van der Waals surface area contributed by atoms with Crippen LogP contribution in [0.3, 0.4) is 0 Å². The Hall–Kier alpha value is -1.47. The second-order valence-electron chi connectivity index (χ2n) is 7.81. The smallest absolute Gasteiger partial charge is 0.233 e. The van der Waals surface area contributed by atoms with Crippen LogP contribution in [-0.2, 0) is 20.0 Å². The van der Waals surface area contributed by atoms with Crippen molar-refractivity contribution in [1.29, 1.82) is 0 Å². The van der Waals surface area contributed by atoms with Crippen LogP contribution >= 0.6 is 0 Å². The first-order chi connectivity index (χ1) is 12.4. The van der Waals surface area contributed by atoms with E-state index in [-0.39, 0.29) is 35.3 Å². The summed E-state index contributed by atoms with van der Waals surface area (Å²) >= 11 is 0. The second-order valence-corrected chi connectivity index (χ2v) is 9.96. The SMILES string of the molecule is CCCN1CCN(C(=O)C2(c3ccccc3F)CC2)[C@H]2CS(=O)(=O)C[C@H]21. The molecular formula is C19H25FN2O3S. The van der Waals surface area contributed by atoms with Gasteiger partial charge in [-0.25, -0.2) is 12.8 Å². The van der Waals surface area contributed by atoms with Crippen molar-refractivity contribution >= 4 is 15.7 Å². The molecule has 4 rings (SSSR count). The molecule has 0 bridgehead atoms. The van der Waals surface area contributed by atoms with E-state index < -0.39 is 15.3 Å². The molecule has 7 heteroatoms. The molecule has 2 heterocycles. The van der Waals surface area contributed by atoms with E-state index >= 15 is 0 Å². The lowest BCUT2D eigenvalue weighted by Crippen LogP contribution is -2.62. The van der Waals surface area contributed by atoms with Crippen molar-refractivity contribution in [3.63, 3.8) is 0 Å². The Balaban J connectivity index is 1.64. The van der Waals surface area contributed by atoms with Gasteiger partial charge < -0.3 is 4.90 Å². The summed E-state index contributed by atoms with van der Waals surface area (Å²) < 4.78 is 38.9. The van der Waals surface area contributed by atoms with Gasteiger partial charge in [-0.05, 0) is 31.9 Å². The molecule has 0 N–H and O–H groups in total. The van der Waals surface area contributed by atoms with Crippen LogP contribution in [0.2, 0.25) is 0 Å². The number of fused-ring (bicyclic) bond motifs is 1. The zero-order valence-corrected chi connectivity index (χ0v) is 15.8. The van der Waals surface area contributed by atoms with Gasteiger partial charge in [-0.15, -0.1) is 0 Å². The maximum absolute atomic E-state index is 14.3. The number of carbonyl (C=O) groups is 1. The van der Waals surface area contributed by atoms with Crippen LogP contribution in [0.1, 0.15) is 31.7 Å². The lowest BCUT2D eigenvalue weighted by molar-refractivity contribution is -0.139. The van der Waals surface area contributed by atoms with Crippen molar-refractivity contribution in [2.45, 2.75) is 43.7 Å². The number of amides is 1. The Labute approximate surface area is 154 Å². The molecule has 1 aliphatic carbocycles. The summed E-state index contributed by atoms with van der Waals surface area (Å²) in [5.74, 6) is -0.296. The molecule has 0 spiro atoms. The molecule has 0 radical (unpaired) electrons. The number of rotatable bonds is 4. The van der Waals surface area contributed by atoms with Crippen LogP contribution in [0, 0.1) is 5.82 Å². The van der Waals surface area contributed by atoms with Crippen molar-refractivity contribution in [3.05, 3.63) is 35.6 Å². The predicted molar refractivity (Wildman–Crippen MR) is 97.1 cm³/mol. The van der Waals surface area contributed by atoms with E-state index in [9.17, 15) is 17.6 Å². The predicted octanol–water partition coefficient (Wildman–Crippen LogP) is 1.58. The summed E-state index contributed by atoms with van der Waals surface area (Å²) in [6.45, 7) is 4.12. The second kappa shape index (κ2) is 6.30. The highest BCUT2D eigenvalue weighted by Gasteiger charge is 2.58. The lowest BCUT2D eigenvalue weighted by Gasteiger charge is -2.45. The summed E-state index contributed by atoms with van der Waals surface area (Å²) in [6.07, 6.45) is 2.22. The maximum atomic E-state index is 14.3. The molecule has 142 valence electrons. The highest BCUT2D eigenvalue weighted by Crippen LogP contribution is 2.51. The average molecular weight is 380 g/mol. The molecular weight excluding hydrogens is 355 g/mol. The van der Waals surface area contributed by atoms with E-state index in [1.807, 2.05) is 0 Å². The van der Waals surface area contributed by atoms with Gasteiger partial charge in [0.05, 0.1) is 23.0 Å². The van der Waals surface area contributed by atoms with Gasteiger partial charge in [0.2, 0.25) is 5.91 Å². The third-order valence-corrected chi connectivity index (χ3v) is 7.81. The van der Waals surface area contributed by atoms with E-state index in [1.54, 1.807) is 23.1 Å². The Morgan fingerprint density at radius 3 is 2.54 bits per heavy atom. The monoisotopic (exact) mass is 380 g/mol. The summed E-state index contributed by atoms with van der Waals surface area (Å²) in [4.78, 5) is 17.4. The van der Waals surface area contributed by atoms with Crippen LogP contribution < -0.4 is 0 Å². The van der Waals surface area contributed by atoms with E-state index in [1.165, 1.54) is 6.07 Å². The summed E-state index contributed by atoms with van der Waals surface area (Å²) in [5.41, 5.74) is -0.340. The van der Waals surface area contributed by atoms with E-state index in [0.717, 1.165) is 13.0 Å². The summed E-state index contributed by atoms with van der Waals surface area (Å²) in [6, 6.07) is 6.03. The number of hydrogen-bond donors (Lipinski definition) is 0. The highest BCUT2D eigenvalue weighted by molar-refractivity contribution is 7.91. The Morgan fingerprint density at radius 2 is 1.88 bits per heavy atom. The fourth-order valence-corrected chi connectivity index (χ4v) is 6.70. The topological polar surface area (TPSA) is 57.7 Å². The molecule has 0 aromatic heterocycles. The lowest BCUT2D eigenvalue weighted by atomic mass is 9.91. The van der Waals surface area contributed by atoms with Crippen molar-refractivity contribution < 1.29 is 17.6 Å². The number of halogens is 1. The summed E-state index contributed by atoms with van der Waals surface area (Å²) in [5, 5.41) is 0. The van der Waals surface area contributed by atoms with Gasteiger partial charge in [-0.1, -0.05) is 25.1 Å². The van der Waals surface area contributed by atoms with Crippen LogP contribution in [0.4, 0.5) is 4.39 Å². The molecule has 2 atom stereocenters. The fourth-order valence-electron chi connectivity index (χ4n) is 4.69. The maximum Gasteiger partial charge on any atom is 0.233 e. The average Bonchev–Trinajstić information content (AvgIpc) is 3.32. The largest absolute Gasteiger partial charge is 0.335 e. The van der Waals surface area contributed by atoms with Crippen LogP contribution in [0.5, 0.6) is 0 Å². The first kappa shape index (κ1) is 17.9. The quantitative estimate of drug-likeness (QED) is 0.796. The minimum absolute atomic E-state index is 0.0248. The molecule has 26 heavy (non-hydrogen) atoms. The number of piperazine rings is 1. The highest BCUT2D eigenvalue weighted by atomic mass is 32.2. The van der Waals surface area contributed by atoms with Crippen molar-refractivity contribution in [1.82, 2.24) is 9.80 Å². The third-order valence-electron chi connectivity index (χ3n) is 6.11. The van der Waals surface area contributed by atoms with Crippen molar-refractivity contribution in [2.75, 3.05) is 31.1 Å². The number of nitrogens with zero attached hydrogens (tertiary/aromatic N) is 2. The van der Waals surface area contributed by atoms with Gasteiger partial charge in [0.15, 0.2) is 9.84 Å². The Bertz CT molecular complexity index is 822. The number of sulfone groups is 1. The summed E-state index contributed by atoms with van der Waals surface area (Å²) in [7, 11) is -3.15. The van der Waals surface area contributed by atoms with Crippen molar-refractivity contribution in [3.8, 4) is 0 Å². The van der Waals surface area contributed by atoms with Crippen LogP contribution in [0.15, 0.2) is 24.3 Å². The van der Waals surface area contributed by atoms with E-state index in [2.05, 4.69) is 11.8 Å². The molecule has 3 aliphatic rings. The Morgan fingerprint density at radius 1 is 1.19 bits per heavy atom. The van der Waals surface area contributed by atoms with Gasteiger partial charge in [0.1, 0.15) is 5.82 Å². The number of hydrogen-bond acceptors (Lipinski definition) is 4. The first-order valence-electron chi connectivity index (χ1n) is 9.38. The zero-order chi connectivity index (χ0) is 18.5. The fraction of sp³-hybridized carbons (Fsp3) is 0.632. The van der Waals surface area contributed by atoms with Crippen LogP contribution in [-0.4, -0.2) is 67.3 Å². The molecule has 1 aromatic rings. The molecule has 1 amide bonds. The van der Waals surface area contributed by atoms with E-state index in [4.69, 9.17) is 0 Å². The van der Waals surface area contributed by atoms with Crippen molar-refractivity contribution in [2.24, 2.45) is 0 Å². The normalized spacial score (nSPS) is 29.4. The van der Waals surface area contributed by atoms with Crippen LogP contribution in [0.25, 0.3) is 0 Å². The minimum atomic E-state index is -3.15. The molecule has 5 nitrogen and oxygen atoms in total. The van der Waals surface area contributed by atoms with E-state index in [0.29, 0.717) is 31.5 Å². The van der Waals surface area contributed by atoms with Gasteiger partial charge in [-0.3, -0.25) is 9.69 Å². The van der Waals surface area contributed by atoms with Gasteiger partial charge >= 0.3 is 0 Å². The molecule has 2 saturated heterocycles. The molecule has 0 unspecified atom stereocenters. The molecule has 1 aromatic carbocycles. The molecule has 1 saturated carbocycles. The molecule has 2 aliphatic heterocycles.